The second-order valence-electron chi connectivity index (χ2n) is 6.15. The zero-order chi connectivity index (χ0) is 19.7. The van der Waals surface area contributed by atoms with E-state index in [0.29, 0.717) is 10.5 Å². The number of rotatable bonds is 5. The molecule has 138 valence electrons. The molecule has 1 saturated heterocycles. The molecule has 1 aromatic carbocycles. The molecule has 7 heteroatoms. The molecule has 2 heterocycles. The minimum atomic E-state index is -0.474. The van der Waals surface area contributed by atoms with Gasteiger partial charge in [-0.25, -0.2) is 0 Å². The molecule has 2 aromatic rings. The fourth-order valence-electron chi connectivity index (χ4n) is 3.03. The van der Waals surface area contributed by atoms with E-state index < -0.39 is 5.91 Å². The number of aryl methyl sites for hydroxylation is 1. The summed E-state index contributed by atoms with van der Waals surface area (Å²) in [4.78, 5) is 37.2. The number of aromatic nitrogens is 1. The third-order valence-corrected chi connectivity index (χ3v) is 5.26. The Hall–Kier alpha value is -3.06. The predicted molar refractivity (Wildman–Crippen MR) is 107 cm³/mol. The van der Waals surface area contributed by atoms with Crippen LogP contribution in [0.5, 0.6) is 0 Å². The van der Waals surface area contributed by atoms with Crippen LogP contribution in [0.25, 0.3) is 11.8 Å². The van der Waals surface area contributed by atoms with Crippen LogP contribution in [-0.4, -0.2) is 33.1 Å². The van der Waals surface area contributed by atoms with Gasteiger partial charge in [-0.15, -0.1) is 6.58 Å². The van der Waals surface area contributed by atoms with Crippen molar-refractivity contribution in [1.29, 1.82) is 0 Å². The van der Waals surface area contributed by atoms with Crippen LogP contribution in [-0.2, 0) is 4.79 Å². The van der Waals surface area contributed by atoms with Gasteiger partial charge in [0.1, 0.15) is 0 Å². The first-order valence-electron chi connectivity index (χ1n) is 8.29. The number of carbonyl (C=O) groups is 3. The molecule has 0 bridgehead atoms. The fraction of sp³-hybridized carbons (Fsp3) is 0.150. The van der Waals surface area contributed by atoms with Gasteiger partial charge in [0.05, 0.1) is 4.91 Å². The Morgan fingerprint density at radius 3 is 2.48 bits per heavy atom. The second-order valence-corrected chi connectivity index (χ2v) is 7.15. The molecule has 0 radical (unpaired) electrons. The maximum Gasteiger partial charge on any atom is 0.293 e. The van der Waals surface area contributed by atoms with E-state index in [4.69, 9.17) is 5.73 Å². The minimum absolute atomic E-state index is 0.202. The quantitative estimate of drug-likeness (QED) is 0.635. The summed E-state index contributed by atoms with van der Waals surface area (Å²) < 4.78 is 2.02. The molecule has 1 aliphatic heterocycles. The van der Waals surface area contributed by atoms with E-state index in [-0.39, 0.29) is 17.7 Å². The molecule has 1 fully saturated rings. The lowest BCUT2D eigenvalue weighted by Crippen LogP contribution is -2.27. The van der Waals surface area contributed by atoms with Gasteiger partial charge in [0.15, 0.2) is 0 Å². The topological polar surface area (TPSA) is 85.4 Å². The van der Waals surface area contributed by atoms with Crippen molar-refractivity contribution in [1.82, 2.24) is 9.47 Å². The highest BCUT2D eigenvalue weighted by atomic mass is 32.2. The van der Waals surface area contributed by atoms with E-state index in [9.17, 15) is 14.4 Å². The number of nitrogens with two attached hydrogens (primary N) is 1. The van der Waals surface area contributed by atoms with Crippen LogP contribution < -0.4 is 5.73 Å². The number of hydrogen-bond donors (Lipinski definition) is 1. The largest absolute Gasteiger partial charge is 0.366 e. The third-order valence-electron chi connectivity index (χ3n) is 4.35. The summed E-state index contributed by atoms with van der Waals surface area (Å²) in [5.41, 5.74) is 9.37. The van der Waals surface area contributed by atoms with Crippen molar-refractivity contribution in [2.45, 2.75) is 13.8 Å². The monoisotopic (exact) mass is 381 g/mol. The Kier molecular flexibility index (Phi) is 5.05. The van der Waals surface area contributed by atoms with Gasteiger partial charge in [-0.2, -0.15) is 0 Å². The zero-order valence-electron chi connectivity index (χ0n) is 15.1. The predicted octanol–water partition coefficient (Wildman–Crippen LogP) is 3.42. The van der Waals surface area contributed by atoms with Crippen LogP contribution in [0.4, 0.5) is 4.79 Å². The van der Waals surface area contributed by atoms with Gasteiger partial charge in [0, 0.05) is 29.2 Å². The van der Waals surface area contributed by atoms with Crippen molar-refractivity contribution in [3.8, 4) is 5.69 Å². The number of hydrogen-bond acceptors (Lipinski definition) is 4. The highest BCUT2D eigenvalue weighted by molar-refractivity contribution is 8.18. The van der Waals surface area contributed by atoms with Crippen LogP contribution in [0.15, 0.2) is 47.9 Å². The summed E-state index contributed by atoms with van der Waals surface area (Å²) >= 11 is 0.931. The average Bonchev–Trinajstić information content (AvgIpc) is 3.05. The highest BCUT2D eigenvalue weighted by Crippen LogP contribution is 2.33. The van der Waals surface area contributed by atoms with E-state index in [0.717, 1.165) is 34.4 Å². The second kappa shape index (κ2) is 7.28. The molecule has 6 nitrogen and oxygen atoms in total. The van der Waals surface area contributed by atoms with Crippen molar-refractivity contribution < 1.29 is 14.4 Å². The van der Waals surface area contributed by atoms with E-state index >= 15 is 0 Å². The highest BCUT2D eigenvalue weighted by Gasteiger charge is 2.34. The van der Waals surface area contributed by atoms with Crippen molar-refractivity contribution in [3.05, 3.63) is 70.4 Å². The molecule has 0 unspecified atom stereocenters. The smallest absolute Gasteiger partial charge is 0.293 e. The maximum atomic E-state index is 12.4. The summed E-state index contributed by atoms with van der Waals surface area (Å²) in [7, 11) is 0. The number of carbonyl (C=O) groups excluding carboxylic acids is 3. The van der Waals surface area contributed by atoms with Crippen molar-refractivity contribution in [3.63, 3.8) is 0 Å². The molecule has 0 spiro atoms. The minimum Gasteiger partial charge on any atom is -0.366 e. The number of primary amides is 1. The molecule has 2 N–H and O–H groups in total. The zero-order valence-corrected chi connectivity index (χ0v) is 15.9. The molecular weight excluding hydrogens is 362 g/mol. The average molecular weight is 381 g/mol. The van der Waals surface area contributed by atoms with Crippen LogP contribution in [0.3, 0.4) is 0 Å². The maximum absolute atomic E-state index is 12.4. The molecule has 27 heavy (non-hydrogen) atoms. The van der Waals surface area contributed by atoms with Crippen LogP contribution in [0.2, 0.25) is 0 Å². The first-order valence-corrected chi connectivity index (χ1v) is 9.10. The molecule has 0 saturated carbocycles. The van der Waals surface area contributed by atoms with Gasteiger partial charge < -0.3 is 10.3 Å². The molecular formula is C20H19N3O3S. The van der Waals surface area contributed by atoms with Gasteiger partial charge in [0.25, 0.3) is 11.1 Å². The summed E-state index contributed by atoms with van der Waals surface area (Å²) in [6, 6.07) is 8.95. The van der Waals surface area contributed by atoms with Crippen LogP contribution in [0, 0.1) is 13.8 Å². The Bertz CT molecular complexity index is 987. The first kappa shape index (κ1) is 18.7. The Morgan fingerprint density at radius 1 is 1.22 bits per heavy atom. The lowest BCUT2D eigenvalue weighted by atomic mass is 10.2. The summed E-state index contributed by atoms with van der Waals surface area (Å²) in [6.45, 7) is 7.67. The lowest BCUT2D eigenvalue weighted by molar-refractivity contribution is -0.122. The van der Waals surface area contributed by atoms with Crippen molar-refractivity contribution in [2.24, 2.45) is 5.73 Å². The third kappa shape index (κ3) is 3.46. The lowest BCUT2D eigenvalue weighted by Gasteiger charge is -2.10. The van der Waals surface area contributed by atoms with Gasteiger partial charge in [-0.05, 0) is 67.6 Å². The first-order chi connectivity index (χ1) is 12.8. The van der Waals surface area contributed by atoms with Gasteiger partial charge in [-0.3, -0.25) is 19.3 Å². The number of amides is 3. The number of nitrogens with zero attached hydrogens (tertiary/aromatic N) is 2. The Balaban J connectivity index is 1.97. The molecule has 3 rings (SSSR count). The summed E-state index contributed by atoms with van der Waals surface area (Å²) in [6.07, 6.45) is 3.27. The van der Waals surface area contributed by atoms with Crippen LogP contribution in [0.1, 0.15) is 27.3 Å². The number of imide groups is 1. The van der Waals surface area contributed by atoms with Gasteiger partial charge in [0.2, 0.25) is 5.91 Å². The van der Waals surface area contributed by atoms with E-state index in [1.54, 1.807) is 18.2 Å². The SMILES string of the molecule is C=CCN1C(=O)S/C(=C/c2cc(C)n(-c3ccc(C(N)=O)cc3)c2C)C1=O. The fourth-order valence-corrected chi connectivity index (χ4v) is 3.87. The Labute approximate surface area is 161 Å². The summed E-state index contributed by atoms with van der Waals surface area (Å²) in [5, 5.41) is -0.290. The summed E-state index contributed by atoms with van der Waals surface area (Å²) in [5.74, 6) is -0.779. The van der Waals surface area contributed by atoms with E-state index in [1.165, 1.54) is 11.0 Å². The number of thioether (sulfide) groups is 1. The standard InChI is InChI=1S/C20H19N3O3S/c1-4-9-22-19(25)17(27-20(22)26)11-15-10-12(2)23(13(15)3)16-7-5-14(6-8-16)18(21)24/h4-8,10-11H,1,9H2,2-3H3,(H2,21,24)/b17-11+. The van der Waals surface area contributed by atoms with E-state index in [2.05, 4.69) is 6.58 Å². The molecule has 1 aromatic heterocycles. The van der Waals surface area contributed by atoms with E-state index in [1.807, 2.05) is 36.6 Å². The molecule has 1 aliphatic rings. The van der Waals surface area contributed by atoms with Gasteiger partial charge in [-0.1, -0.05) is 6.08 Å². The molecule has 3 amide bonds. The normalized spacial score (nSPS) is 15.6. The molecule has 0 atom stereocenters. The van der Waals surface area contributed by atoms with Crippen molar-refractivity contribution >= 4 is 34.9 Å². The van der Waals surface area contributed by atoms with Crippen LogP contribution >= 0.6 is 11.8 Å². The van der Waals surface area contributed by atoms with Gasteiger partial charge >= 0.3 is 0 Å². The van der Waals surface area contributed by atoms with Crippen molar-refractivity contribution in [2.75, 3.05) is 6.54 Å². The molecule has 0 aliphatic carbocycles. The number of benzene rings is 1. The Morgan fingerprint density at radius 2 is 1.89 bits per heavy atom.